The van der Waals surface area contributed by atoms with Gasteiger partial charge in [-0.1, -0.05) is 12.1 Å². The van der Waals surface area contributed by atoms with Crippen LogP contribution in [-0.4, -0.2) is 41.8 Å². The number of carbonyl (C=O) groups is 2. The number of carbonyl (C=O) groups excluding carboxylic acids is 2. The van der Waals surface area contributed by atoms with E-state index in [1.54, 1.807) is 9.80 Å². The van der Waals surface area contributed by atoms with Crippen molar-refractivity contribution in [2.24, 2.45) is 5.73 Å². The first-order valence-corrected chi connectivity index (χ1v) is 8.30. The molecule has 1 aliphatic heterocycles. The molecule has 0 aromatic heterocycles. The number of hydrogen-bond acceptors (Lipinski definition) is 3. The van der Waals surface area contributed by atoms with Gasteiger partial charge >= 0.3 is 12.1 Å². The first kappa shape index (κ1) is 18.1. The highest BCUT2D eigenvalue weighted by Gasteiger charge is 2.31. The first-order chi connectivity index (χ1) is 11.2. The van der Waals surface area contributed by atoms with E-state index in [2.05, 4.69) is 0 Å². The third-order valence-corrected chi connectivity index (χ3v) is 4.00. The fourth-order valence-electron chi connectivity index (χ4n) is 2.93. The van der Waals surface area contributed by atoms with Crippen LogP contribution in [-0.2, 0) is 4.74 Å². The molecule has 0 radical (unpaired) electrons. The van der Waals surface area contributed by atoms with Crippen molar-refractivity contribution in [3.05, 3.63) is 29.8 Å². The third-order valence-electron chi connectivity index (χ3n) is 4.00. The molecule has 1 fully saturated rings. The molecule has 3 amide bonds. The fraction of sp³-hybridized carbons (Fsp3) is 0.556. The third kappa shape index (κ3) is 4.63. The Kier molecular flexibility index (Phi) is 5.36. The standard InChI is InChI=1S/C18H27N3O3/c1-13-6-5-7-15(12-13)21(16(19)22)14-8-10-20(11-9-14)17(23)24-18(2,3)4/h5-7,12,14H,8-11H2,1-4H3,(H2,19,22). The van der Waals surface area contributed by atoms with Crippen molar-refractivity contribution < 1.29 is 14.3 Å². The van der Waals surface area contributed by atoms with Gasteiger partial charge < -0.3 is 15.4 Å². The summed E-state index contributed by atoms with van der Waals surface area (Å²) in [6.45, 7) is 8.64. The highest BCUT2D eigenvalue weighted by molar-refractivity contribution is 5.91. The number of piperidine rings is 1. The minimum absolute atomic E-state index is 0.0111. The van der Waals surface area contributed by atoms with E-state index in [1.165, 1.54) is 0 Å². The summed E-state index contributed by atoms with van der Waals surface area (Å²) in [6, 6.07) is 7.26. The average molecular weight is 333 g/mol. The van der Waals surface area contributed by atoms with Crippen LogP contribution in [0.3, 0.4) is 0 Å². The summed E-state index contributed by atoms with van der Waals surface area (Å²) >= 11 is 0. The Hall–Kier alpha value is -2.24. The Morgan fingerprint density at radius 2 is 1.88 bits per heavy atom. The second-order valence-electron chi connectivity index (χ2n) is 7.25. The number of nitrogens with zero attached hydrogens (tertiary/aromatic N) is 2. The van der Waals surface area contributed by atoms with Crippen LogP contribution in [0.5, 0.6) is 0 Å². The van der Waals surface area contributed by atoms with Crippen LogP contribution in [0.1, 0.15) is 39.2 Å². The van der Waals surface area contributed by atoms with E-state index in [-0.39, 0.29) is 12.1 Å². The lowest BCUT2D eigenvalue weighted by Crippen LogP contribution is -2.51. The summed E-state index contributed by atoms with van der Waals surface area (Å²) in [7, 11) is 0. The summed E-state index contributed by atoms with van der Waals surface area (Å²) in [5, 5.41) is 0. The number of nitrogens with two attached hydrogens (primary N) is 1. The molecule has 1 saturated heterocycles. The molecule has 2 rings (SSSR count). The van der Waals surface area contributed by atoms with Gasteiger partial charge in [-0.25, -0.2) is 9.59 Å². The number of primary amides is 1. The topological polar surface area (TPSA) is 75.9 Å². The van der Waals surface area contributed by atoms with Crippen LogP contribution in [0, 0.1) is 6.92 Å². The van der Waals surface area contributed by atoms with Crippen LogP contribution in [0.2, 0.25) is 0 Å². The van der Waals surface area contributed by atoms with Gasteiger partial charge in [0.1, 0.15) is 5.60 Å². The second kappa shape index (κ2) is 7.11. The maximum Gasteiger partial charge on any atom is 0.410 e. The number of hydrogen-bond donors (Lipinski definition) is 1. The molecule has 0 unspecified atom stereocenters. The number of urea groups is 1. The van der Waals surface area contributed by atoms with Gasteiger partial charge in [0.2, 0.25) is 0 Å². The van der Waals surface area contributed by atoms with Crippen molar-refractivity contribution >= 4 is 17.8 Å². The highest BCUT2D eigenvalue weighted by Crippen LogP contribution is 2.25. The van der Waals surface area contributed by atoms with E-state index in [4.69, 9.17) is 10.5 Å². The van der Waals surface area contributed by atoms with E-state index >= 15 is 0 Å². The molecular weight excluding hydrogens is 306 g/mol. The van der Waals surface area contributed by atoms with Gasteiger partial charge in [0.15, 0.2) is 0 Å². The van der Waals surface area contributed by atoms with Gasteiger partial charge in [-0.15, -0.1) is 0 Å². The van der Waals surface area contributed by atoms with Crippen molar-refractivity contribution in [2.75, 3.05) is 18.0 Å². The van der Waals surface area contributed by atoms with E-state index in [0.29, 0.717) is 25.9 Å². The lowest BCUT2D eigenvalue weighted by molar-refractivity contribution is 0.0206. The molecule has 0 spiro atoms. The number of ether oxygens (including phenoxy) is 1. The Morgan fingerprint density at radius 3 is 2.38 bits per heavy atom. The Labute approximate surface area is 143 Å². The molecule has 0 atom stereocenters. The molecule has 24 heavy (non-hydrogen) atoms. The SMILES string of the molecule is Cc1cccc(N(C(N)=O)C2CCN(C(=O)OC(C)(C)C)CC2)c1. The first-order valence-electron chi connectivity index (χ1n) is 8.30. The van der Waals surface area contributed by atoms with Crippen molar-refractivity contribution in [3.63, 3.8) is 0 Å². The highest BCUT2D eigenvalue weighted by atomic mass is 16.6. The van der Waals surface area contributed by atoms with E-state index in [1.807, 2.05) is 52.0 Å². The van der Waals surface area contributed by atoms with E-state index < -0.39 is 11.6 Å². The van der Waals surface area contributed by atoms with Gasteiger partial charge in [0, 0.05) is 24.8 Å². The molecule has 2 N–H and O–H groups in total. The summed E-state index contributed by atoms with van der Waals surface area (Å²) in [4.78, 5) is 27.4. The van der Waals surface area contributed by atoms with Gasteiger partial charge in [-0.2, -0.15) is 0 Å². The lowest BCUT2D eigenvalue weighted by Gasteiger charge is -2.38. The van der Waals surface area contributed by atoms with Crippen molar-refractivity contribution in [1.29, 1.82) is 0 Å². The molecule has 6 heteroatoms. The zero-order valence-corrected chi connectivity index (χ0v) is 14.9. The smallest absolute Gasteiger partial charge is 0.410 e. The number of likely N-dealkylation sites (tertiary alicyclic amines) is 1. The maximum absolute atomic E-state index is 12.1. The minimum atomic E-state index is -0.505. The van der Waals surface area contributed by atoms with Crippen LogP contribution >= 0.6 is 0 Å². The van der Waals surface area contributed by atoms with Crippen LogP contribution < -0.4 is 10.6 Å². The largest absolute Gasteiger partial charge is 0.444 e. The molecule has 6 nitrogen and oxygen atoms in total. The van der Waals surface area contributed by atoms with Crippen LogP contribution in [0.25, 0.3) is 0 Å². The zero-order chi connectivity index (χ0) is 17.9. The van der Waals surface area contributed by atoms with Gasteiger partial charge in [0.05, 0.1) is 0 Å². The zero-order valence-electron chi connectivity index (χ0n) is 14.9. The minimum Gasteiger partial charge on any atom is -0.444 e. The number of benzene rings is 1. The molecule has 1 aromatic carbocycles. The normalized spacial score (nSPS) is 15.9. The van der Waals surface area contributed by atoms with Crippen molar-refractivity contribution in [2.45, 2.75) is 52.2 Å². The molecule has 0 saturated carbocycles. The fourth-order valence-corrected chi connectivity index (χ4v) is 2.93. The van der Waals surface area contributed by atoms with Gasteiger partial charge in [0.25, 0.3) is 0 Å². The Bertz CT molecular complexity index is 602. The number of rotatable bonds is 2. The van der Waals surface area contributed by atoms with Crippen molar-refractivity contribution in [3.8, 4) is 0 Å². The lowest BCUT2D eigenvalue weighted by atomic mass is 10.0. The summed E-state index contributed by atoms with van der Waals surface area (Å²) in [5.41, 5.74) is 6.98. The average Bonchev–Trinajstić information content (AvgIpc) is 2.46. The van der Waals surface area contributed by atoms with E-state index in [9.17, 15) is 9.59 Å². The summed E-state index contributed by atoms with van der Waals surface area (Å²) in [6.07, 6.45) is 1.05. The molecular formula is C18H27N3O3. The Morgan fingerprint density at radius 1 is 1.25 bits per heavy atom. The van der Waals surface area contributed by atoms with Gasteiger partial charge in [-0.05, 0) is 58.2 Å². The number of amides is 3. The van der Waals surface area contributed by atoms with Gasteiger partial charge in [-0.3, -0.25) is 4.90 Å². The maximum atomic E-state index is 12.1. The van der Waals surface area contributed by atoms with Crippen molar-refractivity contribution in [1.82, 2.24) is 4.90 Å². The molecule has 0 bridgehead atoms. The monoisotopic (exact) mass is 333 g/mol. The van der Waals surface area contributed by atoms with E-state index in [0.717, 1.165) is 11.3 Å². The molecule has 132 valence electrons. The predicted octanol–water partition coefficient (Wildman–Crippen LogP) is 3.28. The second-order valence-corrected chi connectivity index (χ2v) is 7.25. The number of aryl methyl sites for hydroxylation is 1. The molecule has 1 heterocycles. The molecule has 1 aliphatic rings. The number of anilines is 1. The summed E-state index contributed by atoms with van der Waals surface area (Å²) in [5.74, 6) is 0. The van der Waals surface area contributed by atoms with Crippen LogP contribution in [0.4, 0.5) is 15.3 Å². The van der Waals surface area contributed by atoms with Crippen LogP contribution in [0.15, 0.2) is 24.3 Å². The predicted molar refractivity (Wildman–Crippen MR) is 94.1 cm³/mol. The Balaban J connectivity index is 2.04. The molecule has 1 aromatic rings. The quantitative estimate of drug-likeness (QED) is 0.902. The molecule has 0 aliphatic carbocycles. The summed E-state index contributed by atoms with van der Waals surface area (Å²) < 4.78 is 5.40.